The topological polar surface area (TPSA) is 17.1 Å². The molecule has 0 aliphatic rings. The van der Waals surface area contributed by atoms with Crippen LogP contribution in [-0.2, 0) is 10.2 Å². The van der Waals surface area contributed by atoms with E-state index in [-0.39, 0.29) is 44.1 Å². The molecule has 13 heavy (non-hydrogen) atoms. The standard InChI is InChI=1S/C10H9BrO.Ac/c1-10(2,7-12)8-3-5-9(11)6-4-8;/h3,5-6H,1-2H3;/q-2;. The molecule has 3 heteroatoms. The second-order valence-corrected chi connectivity index (χ2v) is 4.06. The van der Waals surface area contributed by atoms with E-state index in [9.17, 15) is 4.79 Å². The average Bonchev–Trinajstić information content (AvgIpc) is 2.05. The Morgan fingerprint density at radius 2 is 2.08 bits per heavy atom. The van der Waals surface area contributed by atoms with Crippen LogP contribution in [0.5, 0.6) is 0 Å². The molecule has 0 unspecified atom stereocenters. The van der Waals surface area contributed by atoms with Gasteiger partial charge in [-0.05, 0) is 0 Å². The van der Waals surface area contributed by atoms with E-state index in [0.717, 1.165) is 10.0 Å². The molecule has 0 saturated carbocycles. The molecular formula is C10H9AcBrO-2. The molecule has 1 rings (SSSR count). The summed E-state index contributed by atoms with van der Waals surface area (Å²) < 4.78 is 0.966. The largest absolute Gasteiger partial charge is 0.541 e. The van der Waals surface area contributed by atoms with Crippen molar-refractivity contribution in [2.75, 3.05) is 0 Å². The number of hydrogen-bond donors (Lipinski definition) is 0. The Labute approximate surface area is 123 Å². The number of hydrogen-bond acceptors (Lipinski definition) is 1. The van der Waals surface area contributed by atoms with Crippen LogP contribution in [0.3, 0.4) is 0 Å². The fraction of sp³-hybridized carbons (Fsp3) is 0.300. The van der Waals surface area contributed by atoms with Crippen LogP contribution in [-0.4, -0.2) is 6.29 Å². The van der Waals surface area contributed by atoms with Crippen molar-refractivity contribution in [2.45, 2.75) is 19.3 Å². The van der Waals surface area contributed by atoms with E-state index in [4.69, 9.17) is 0 Å². The molecule has 0 aromatic heterocycles. The van der Waals surface area contributed by atoms with Gasteiger partial charge in [0.05, 0.1) is 0 Å². The van der Waals surface area contributed by atoms with Gasteiger partial charge in [-0.15, -0.1) is 21.3 Å². The molecule has 0 saturated heterocycles. The summed E-state index contributed by atoms with van der Waals surface area (Å²) in [4.78, 5) is 10.6. The Hall–Kier alpha value is 0.812. The van der Waals surface area contributed by atoms with Crippen molar-refractivity contribution in [3.05, 3.63) is 34.3 Å². The summed E-state index contributed by atoms with van der Waals surface area (Å²) in [5.74, 6) is 0. The van der Waals surface area contributed by atoms with Gasteiger partial charge >= 0.3 is 0 Å². The Kier molecular flexibility index (Phi) is 5.99. The van der Waals surface area contributed by atoms with Crippen molar-refractivity contribution in [1.29, 1.82) is 0 Å². The van der Waals surface area contributed by atoms with E-state index in [0.29, 0.717) is 0 Å². The Bertz CT molecular complexity index is 279. The fourth-order valence-corrected chi connectivity index (χ4v) is 1.10. The summed E-state index contributed by atoms with van der Waals surface area (Å²) in [6.45, 7) is 3.64. The first kappa shape index (κ1) is 13.8. The van der Waals surface area contributed by atoms with Gasteiger partial charge in [0.15, 0.2) is 0 Å². The molecule has 0 aliphatic carbocycles. The molecule has 0 fully saturated rings. The maximum absolute atomic E-state index is 10.6. The number of rotatable bonds is 2. The maximum atomic E-state index is 10.6. The molecule has 0 aliphatic heterocycles. The van der Waals surface area contributed by atoms with Crippen molar-refractivity contribution in [1.82, 2.24) is 0 Å². The van der Waals surface area contributed by atoms with E-state index >= 15 is 0 Å². The van der Waals surface area contributed by atoms with Crippen LogP contribution in [0.2, 0.25) is 0 Å². The van der Waals surface area contributed by atoms with Gasteiger partial charge in [-0.3, -0.25) is 6.29 Å². The van der Waals surface area contributed by atoms with E-state index in [2.05, 4.69) is 22.0 Å². The van der Waals surface area contributed by atoms with E-state index in [1.807, 2.05) is 32.3 Å². The monoisotopic (exact) mass is 451 g/mol. The molecule has 0 amide bonds. The van der Waals surface area contributed by atoms with Crippen LogP contribution >= 0.6 is 15.9 Å². The molecular weight excluding hydrogens is 443 g/mol. The third-order valence-electron chi connectivity index (χ3n) is 1.70. The second-order valence-electron chi connectivity index (χ2n) is 3.15. The summed E-state index contributed by atoms with van der Waals surface area (Å²) in [7, 11) is 0. The third-order valence-corrected chi connectivity index (χ3v) is 2.20. The second kappa shape index (κ2) is 5.63. The molecule has 0 bridgehead atoms. The summed E-state index contributed by atoms with van der Waals surface area (Å²) in [6, 6.07) is 8.58. The number of halogens is 1. The van der Waals surface area contributed by atoms with Crippen molar-refractivity contribution < 1.29 is 48.9 Å². The van der Waals surface area contributed by atoms with Gasteiger partial charge in [-0.25, -0.2) is 0 Å². The molecule has 0 spiro atoms. The molecule has 67 valence electrons. The van der Waals surface area contributed by atoms with Gasteiger partial charge in [0.1, 0.15) is 0 Å². The Balaban J connectivity index is 0.00000144. The predicted molar refractivity (Wildman–Crippen MR) is 51.7 cm³/mol. The van der Waals surface area contributed by atoms with Crippen LogP contribution in [0.4, 0.5) is 0 Å². The molecule has 0 N–H and O–H groups in total. The fourth-order valence-electron chi connectivity index (χ4n) is 0.850. The summed E-state index contributed by atoms with van der Waals surface area (Å²) in [5.41, 5.74) is 0.307. The van der Waals surface area contributed by atoms with Gasteiger partial charge in [-0.1, -0.05) is 18.3 Å². The van der Waals surface area contributed by atoms with E-state index < -0.39 is 5.41 Å². The molecule has 0 atom stereocenters. The minimum Gasteiger partial charge on any atom is -0.541 e. The minimum absolute atomic E-state index is 0. The Morgan fingerprint density at radius 3 is 2.46 bits per heavy atom. The van der Waals surface area contributed by atoms with Gasteiger partial charge in [0, 0.05) is 44.1 Å². The van der Waals surface area contributed by atoms with Crippen LogP contribution < -0.4 is 0 Å². The van der Waals surface area contributed by atoms with Crippen molar-refractivity contribution in [3.63, 3.8) is 0 Å². The maximum Gasteiger partial charge on any atom is 0 e. The zero-order chi connectivity index (χ0) is 9.19. The van der Waals surface area contributed by atoms with E-state index in [1.54, 1.807) is 6.07 Å². The summed E-state index contributed by atoms with van der Waals surface area (Å²) in [5, 5.41) is 0. The normalized spacial score (nSPS) is 10.4. The molecule has 1 aromatic carbocycles. The van der Waals surface area contributed by atoms with Crippen LogP contribution in [0.25, 0.3) is 0 Å². The van der Waals surface area contributed by atoms with Crippen molar-refractivity contribution >= 4 is 22.2 Å². The van der Waals surface area contributed by atoms with Gasteiger partial charge < -0.3 is 4.79 Å². The molecule has 1 aromatic rings. The van der Waals surface area contributed by atoms with Gasteiger partial charge in [0.2, 0.25) is 0 Å². The smallest absolute Gasteiger partial charge is 0 e. The molecule has 0 heterocycles. The SMILES string of the molecule is CC(C)([C-]=O)c1[c-]cc(Br)cc1.[Ac]. The van der Waals surface area contributed by atoms with Crippen molar-refractivity contribution in [2.24, 2.45) is 0 Å². The zero-order valence-corrected chi connectivity index (χ0v) is 13.9. The van der Waals surface area contributed by atoms with Crippen LogP contribution in [0, 0.1) is 50.1 Å². The summed E-state index contributed by atoms with van der Waals surface area (Å²) in [6.07, 6.45) is 1.98. The predicted octanol–water partition coefficient (Wildman–Crippen LogP) is 2.64. The Morgan fingerprint density at radius 1 is 1.46 bits per heavy atom. The number of benzene rings is 1. The van der Waals surface area contributed by atoms with Gasteiger partial charge in [-0.2, -0.15) is 29.8 Å². The van der Waals surface area contributed by atoms with Gasteiger partial charge in [0.25, 0.3) is 0 Å². The molecule has 1 radical (unpaired) electrons. The number of carbonyl (C=O) groups excluding carboxylic acids is 1. The van der Waals surface area contributed by atoms with Crippen LogP contribution in [0.15, 0.2) is 22.7 Å². The first-order chi connectivity index (χ1) is 5.56. The zero-order valence-electron chi connectivity index (χ0n) is 7.60. The molecule has 1 nitrogen and oxygen atoms in total. The summed E-state index contributed by atoms with van der Waals surface area (Å²) >= 11 is 3.30. The van der Waals surface area contributed by atoms with Crippen molar-refractivity contribution in [3.8, 4) is 0 Å². The minimum atomic E-state index is -0.555. The quantitative estimate of drug-likeness (QED) is 0.632. The first-order valence-electron chi connectivity index (χ1n) is 3.63. The average molecular weight is 452 g/mol. The van der Waals surface area contributed by atoms with E-state index in [1.165, 1.54) is 0 Å². The third kappa shape index (κ3) is 3.82. The first-order valence-corrected chi connectivity index (χ1v) is 4.42. The van der Waals surface area contributed by atoms with Crippen LogP contribution in [0.1, 0.15) is 19.4 Å².